The van der Waals surface area contributed by atoms with Crippen LogP contribution in [0.2, 0.25) is 0 Å². The van der Waals surface area contributed by atoms with Crippen molar-refractivity contribution in [3.63, 3.8) is 0 Å². The smallest absolute Gasteiger partial charge is 0.254 e. The minimum absolute atomic E-state index is 0.0323. The minimum atomic E-state index is -0.305. The number of benzene rings is 1. The molecule has 3 aliphatic rings. The topological polar surface area (TPSA) is 73.8 Å². The second-order valence-electron chi connectivity index (χ2n) is 7.45. The van der Waals surface area contributed by atoms with Gasteiger partial charge in [0.2, 0.25) is 5.88 Å². The Kier molecular flexibility index (Phi) is 4.06. The molecule has 2 aromatic rings. The highest BCUT2D eigenvalue weighted by Crippen LogP contribution is 2.36. The molecular formula is C20H21N3O4. The van der Waals surface area contributed by atoms with Crippen molar-refractivity contribution in [2.75, 3.05) is 19.7 Å². The lowest BCUT2D eigenvalue weighted by Crippen LogP contribution is -2.67. The molecule has 1 aromatic heterocycles. The number of likely N-dealkylation sites (tertiary alicyclic amines) is 1. The standard InChI is InChI=1S/C20H21N3O4/c24-19(14-1-2-15-10-25-11-16(15)7-14)23-12-20(13-23)8-17(3-6-26-20)27-18-9-21-4-5-22-18/h1-2,4-5,7,9,17H,3,6,8,10-13H2/t17-/m1/s1. The first-order valence-corrected chi connectivity index (χ1v) is 9.26. The Hall–Kier alpha value is -2.51. The molecule has 0 aliphatic carbocycles. The van der Waals surface area contributed by atoms with Crippen molar-refractivity contribution in [2.24, 2.45) is 0 Å². The second kappa shape index (κ2) is 6.58. The molecule has 2 fully saturated rings. The second-order valence-corrected chi connectivity index (χ2v) is 7.45. The van der Waals surface area contributed by atoms with Crippen LogP contribution in [0, 0.1) is 0 Å². The van der Waals surface area contributed by atoms with Crippen LogP contribution in [0.25, 0.3) is 0 Å². The molecule has 140 valence electrons. The number of amides is 1. The number of rotatable bonds is 3. The van der Waals surface area contributed by atoms with Gasteiger partial charge in [0, 0.05) is 30.8 Å². The van der Waals surface area contributed by atoms with E-state index in [2.05, 4.69) is 9.97 Å². The highest BCUT2D eigenvalue weighted by Gasteiger charge is 2.50. The summed E-state index contributed by atoms with van der Waals surface area (Å²) in [6.45, 7) is 3.05. The predicted octanol–water partition coefficient (Wildman–Crippen LogP) is 1.96. The number of aromatic nitrogens is 2. The lowest BCUT2D eigenvalue weighted by Gasteiger charge is -2.52. The zero-order valence-corrected chi connectivity index (χ0v) is 15.0. The van der Waals surface area contributed by atoms with Crippen molar-refractivity contribution in [3.8, 4) is 5.88 Å². The van der Waals surface area contributed by atoms with E-state index in [1.807, 2.05) is 23.1 Å². The lowest BCUT2D eigenvalue weighted by molar-refractivity contribution is -0.174. The maximum atomic E-state index is 12.8. The molecular weight excluding hydrogens is 346 g/mol. The highest BCUT2D eigenvalue weighted by molar-refractivity contribution is 5.95. The van der Waals surface area contributed by atoms with E-state index in [9.17, 15) is 4.79 Å². The molecule has 4 heterocycles. The van der Waals surface area contributed by atoms with Gasteiger partial charge >= 0.3 is 0 Å². The van der Waals surface area contributed by atoms with Crippen LogP contribution in [-0.4, -0.2) is 52.2 Å². The predicted molar refractivity (Wildman–Crippen MR) is 95.2 cm³/mol. The molecule has 0 N–H and O–H groups in total. The fourth-order valence-electron chi connectivity index (χ4n) is 4.10. The molecule has 2 saturated heterocycles. The van der Waals surface area contributed by atoms with Crippen molar-refractivity contribution in [1.82, 2.24) is 14.9 Å². The van der Waals surface area contributed by atoms with Crippen LogP contribution >= 0.6 is 0 Å². The summed E-state index contributed by atoms with van der Waals surface area (Å²) in [5, 5.41) is 0. The Balaban J connectivity index is 1.22. The van der Waals surface area contributed by atoms with Crippen molar-refractivity contribution < 1.29 is 19.0 Å². The van der Waals surface area contributed by atoms with Crippen LogP contribution in [0.5, 0.6) is 5.88 Å². The Morgan fingerprint density at radius 1 is 1.22 bits per heavy atom. The van der Waals surface area contributed by atoms with E-state index in [1.165, 1.54) is 5.56 Å². The number of carbonyl (C=O) groups excluding carboxylic acids is 1. The van der Waals surface area contributed by atoms with Gasteiger partial charge in [0.25, 0.3) is 5.91 Å². The van der Waals surface area contributed by atoms with Gasteiger partial charge in [0.15, 0.2) is 0 Å². The van der Waals surface area contributed by atoms with Gasteiger partial charge in [-0.25, -0.2) is 4.98 Å². The molecule has 5 rings (SSSR count). The summed E-state index contributed by atoms with van der Waals surface area (Å²) >= 11 is 0. The number of ether oxygens (including phenoxy) is 3. The number of fused-ring (bicyclic) bond motifs is 1. The number of nitrogens with zero attached hydrogens (tertiary/aromatic N) is 3. The first-order valence-electron chi connectivity index (χ1n) is 9.26. The molecule has 1 aromatic carbocycles. The summed E-state index contributed by atoms with van der Waals surface area (Å²) in [6, 6.07) is 5.84. The number of carbonyl (C=O) groups is 1. The Morgan fingerprint density at radius 2 is 2.11 bits per heavy atom. The van der Waals surface area contributed by atoms with Crippen LogP contribution in [-0.2, 0) is 22.7 Å². The van der Waals surface area contributed by atoms with E-state index in [0.717, 1.165) is 24.0 Å². The summed E-state index contributed by atoms with van der Waals surface area (Å²) in [6.07, 6.45) is 6.47. The molecule has 1 atom stereocenters. The van der Waals surface area contributed by atoms with Crippen LogP contribution in [0.15, 0.2) is 36.8 Å². The van der Waals surface area contributed by atoms with Gasteiger partial charge in [-0.2, -0.15) is 0 Å². The molecule has 7 heteroatoms. The van der Waals surface area contributed by atoms with Gasteiger partial charge < -0.3 is 19.1 Å². The third-order valence-corrected chi connectivity index (χ3v) is 5.49. The minimum Gasteiger partial charge on any atom is -0.473 e. The van der Waals surface area contributed by atoms with Crippen molar-refractivity contribution >= 4 is 5.91 Å². The van der Waals surface area contributed by atoms with Crippen LogP contribution < -0.4 is 4.74 Å². The Bertz CT molecular complexity index is 852. The van der Waals surface area contributed by atoms with Crippen LogP contribution in [0.3, 0.4) is 0 Å². The normalized spacial score (nSPS) is 23.0. The molecule has 0 radical (unpaired) electrons. The van der Waals surface area contributed by atoms with Gasteiger partial charge in [-0.1, -0.05) is 6.07 Å². The Labute approximate surface area is 157 Å². The monoisotopic (exact) mass is 367 g/mol. The first kappa shape index (κ1) is 16.6. The SMILES string of the molecule is O=C(c1ccc2c(c1)COC2)N1CC2(C[C@H](Oc3cnccn3)CCO2)C1. The van der Waals surface area contributed by atoms with Crippen LogP contribution in [0.1, 0.15) is 34.3 Å². The van der Waals surface area contributed by atoms with E-state index < -0.39 is 0 Å². The molecule has 0 saturated carbocycles. The van der Waals surface area contributed by atoms with E-state index in [0.29, 0.717) is 38.8 Å². The maximum absolute atomic E-state index is 12.8. The quantitative estimate of drug-likeness (QED) is 0.826. The van der Waals surface area contributed by atoms with Gasteiger partial charge in [0.1, 0.15) is 11.7 Å². The van der Waals surface area contributed by atoms with Gasteiger partial charge in [-0.05, 0) is 23.3 Å². The fourth-order valence-corrected chi connectivity index (χ4v) is 4.10. The zero-order chi connectivity index (χ0) is 18.3. The van der Waals surface area contributed by atoms with Gasteiger partial charge in [0.05, 0.1) is 39.1 Å². The fraction of sp³-hybridized carbons (Fsp3) is 0.450. The average Bonchev–Trinajstić information content (AvgIpc) is 3.14. The Morgan fingerprint density at radius 3 is 2.96 bits per heavy atom. The third-order valence-electron chi connectivity index (χ3n) is 5.49. The zero-order valence-electron chi connectivity index (χ0n) is 15.0. The molecule has 0 unspecified atom stereocenters. The van der Waals surface area contributed by atoms with Crippen LogP contribution in [0.4, 0.5) is 0 Å². The summed E-state index contributed by atoms with van der Waals surface area (Å²) in [5.74, 6) is 0.586. The van der Waals surface area contributed by atoms with Gasteiger partial charge in [-0.3, -0.25) is 9.78 Å². The summed E-state index contributed by atoms with van der Waals surface area (Å²) in [4.78, 5) is 22.9. The number of hydrogen-bond acceptors (Lipinski definition) is 6. The third kappa shape index (κ3) is 3.17. The first-order chi connectivity index (χ1) is 13.2. The van der Waals surface area contributed by atoms with Crippen molar-refractivity contribution in [2.45, 2.75) is 37.8 Å². The molecule has 27 heavy (non-hydrogen) atoms. The molecule has 3 aliphatic heterocycles. The van der Waals surface area contributed by atoms with E-state index in [1.54, 1.807) is 18.6 Å². The summed E-state index contributed by atoms with van der Waals surface area (Å²) < 4.78 is 17.4. The molecule has 1 amide bonds. The van der Waals surface area contributed by atoms with E-state index in [-0.39, 0.29) is 17.6 Å². The summed E-state index contributed by atoms with van der Waals surface area (Å²) in [7, 11) is 0. The average molecular weight is 367 g/mol. The van der Waals surface area contributed by atoms with Crippen molar-refractivity contribution in [1.29, 1.82) is 0 Å². The summed E-state index contributed by atoms with van der Waals surface area (Å²) in [5.41, 5.74) is 2.70. The van der Waals surface area contributed by atoms with Crippen molar-refractivity contribution in [3.05, 3.63) is 53.5 Å². The molecule has 1 spiro atoms. The van der Waals surface area contributed by atoms with E-state index in [4.69, 9.17) is 14.2 Å². The molecule has 0 bridgehead atoms. The maximum Gasteiger partial charge on any atom is 0.254 e. The molecule has 7 nitrogen and oxygen atoms in total. The van der Waals surface area contributed by atoms with Gasteiger partial charge in [-0.15, -0.1) is 0 Å². The largest absolute Gasteiger partial charge is 0.473 e. The van der Waals surface area contributed by atoms with E-state index >= 15 is 0 Å². The highest BCUT2D eigenvalue weighted by atomic mass is 16.5. The number of hydrogen-bond donors (Lipinski definition) is 0. The lowest BCUT2D eigenvalue weighted by atomic mass is 9.84.